The molecule has 1 heterocycles. The molecule has 1 aromatic heterocycles. The largest absolute Gasteiger partial charge is 0.392 e. The van der Waals surface area contributed by atoms with Crippen LogP contribution in [0.5, 0.6) is 0 Å². The van der Waals surface area contributed by atoms with Gasteiger partial charge in [0.05, 0.1) is 23.7 Å². The summed E-state index contributed by atoms with van der Waals surface area (Å²) in [6, 6.07) is 1.25. The number of alkyl halides is 3. The predicted molar refractivity (Wildman–Crippen MR) is 57.4 cm³/mol. The van der Waals surface area contributed by atoms with Gasteiger partial charge in [0.2, 0.25) is 0 Å². The molecule has 0 saturated heterocycles. The van der Waals surface area contributed by atoms with Gasteiger partial charge < -0.3 is 5.11 Å². The molecule has 0 aliphatic carbocycles. The number of rotatable bonds is 3. The second kappa shape index (κ2) is 5.18. The molecule has 1 N–H and O–H groups in total. The van der Waals surface area contributed by atoms with Crippen LogP contribution in [0.1, 0.15) is 23.2 Å². The summed E-state index contributed by atoms with van der Waals surface area (Å²) in [4.78, 5) is 3.90. The van der Waals surface area contributed by atoms with Crippen LogP contribution >= 0.6 is 34.2 Å². The van der Waals surface area contributed by atoms with Gasteiger partial charge >= 0.3 is 0 Å². The van der Waals surface area contributed by atoms with Crippen molar-refractivity contribution in [2.24, 2.45) is 0 Å². The van der Waals surface area contributed by atoms with Gasteiger partial charge in [-0.3, -0.25) is 0 Å². The third-order valence-corrected chi connectivity index (χ3v) is 2.82. The standard InChI is InChI=1S/C8H7ClF2INO/c9-2-6-4(3-14)1-5(7(10)11)8(12)13-6/h1,7,14H,2-3H2. The van der Waals surface area contributed by atoms with Gasteiger partial charge in [0.25, 0.3) is 6.43 Å². The average molecular weight is 334 g/mol. The molecule has 6 heteroatoms. The molecule has 0 unspecified atom stereocenters. The smallest absolute Gasteiger partial charge is 0.266 e. The van der Waals surface area contributed by atoms with Crippen LogP contribution in [-0.2, 0) is 12.5 Å². The summed E-state index contributed by atoms with van der Waals surface area (Å²) in [5.41, 5.74) is 0.641. The van der Waals surface area contributed by atoms with Crippen LogP contribution in [0.25, 0.3) is 0 Å². The molecule has 14 heavy (non-hydrogen) atoms. The van der Waals surface area contributed by atoms with Crippen molar-refractivity contribution < 1.29 is 13.9 Å². The molecule has 0 aromatic carbocycles. The Bertz CT molecular complexity index is 335. The lowest BCUT2D eigenvalue weighted by atomic mass is 10.1. The van der Waals surface area contributed by atoms with E-state index in [1.54, 1.807) is 22.6 Å². The molecule has 78 valence electrons. The Labute approximate surface area is 98.4 Å². The highest BCUT2D eigenvalue weighted by Gasteiger charge is 2.15. The maximum absolute atomic E-state index is 12.4. The lowest BCUT2D eigenvalue weighted by molar-refractivity contribution is 0.149. The van der Waals surface area contributed by atoms with Crippen molar-refractivity contribution in [3.63, 3.8) is 0 Å². The van der Waals surface area contributed by atoms with Gasteiger partial charge in [0.1, 0.15) is 3.70 Å². The van der Waals surface area contributed by atoms with Gasteiger partial charge in [0, 0.05) is 5.56 Å². The molecule has 0 atom stereocenters. The topological polar surface area (TPSA) is 33.1 Å². The van der Waals surface area contributed by atoms with Crippen molar-refractivity contribution in [1.82, 2.24) is 4.98 Å². The fraction of sp³-hybridized carbons (Fsp3) is 0.375. The minimum absolute atomic E-state index is 0.107. The molecule has 2 nitrogen and oxygen atoms in total. The van der Waals surface area contributed by atoms with E-state index < -0.39 is 6.43 Å². The molecule has 0 aliphatic rings. The molecule has 0 aliphatic heterocycles. The zero-order valence-electron chi connectivity index (χ0n) is 6.98. The van der Waals surface area contributed by atoms with Gasteiger partial charge in [-0.2, -0.15) is 0 Å². The quantitative estimate of drug-likeness (QED) is 0.524. The van der Waals surface area contributed by atoms with E-state index in [1.165, 1.54) is 6.07 Å². The van der Waals surface area contributed by atoms with Crippen LogP contribution in [0.15, 0.2) is 6.07 Å². The Balaban J connectivity index is 3.23. The highest BCUT2D eigenvalue weighted by Crippen LogP contribution is 2.26. The number of hydrogen-bond donors (Lipinski definition) is 1. The van der Waals surface area contributed by atoms with Gasteiger partial charge in [-0.05, 0) is 28.7 Å². The number of halogens is 4. The number of nitrogens with zero attached hydrogens (tertiary/aromatic N) is 1. The van der Waals surface area contributed by atoms with Crippen molar-refractivity contribution >= 4 is 34.2 Å². The number of aliphatic hydroxyl groups is 1. The third-order valence-electron chi connectivity index (χ3n) is 1.70. The van der Waals surface area contributed by atoms with Crippen molar-refractivity contribution in [2.75, 3.05) is 0 Å². The van der Waals surface area contributed by atoms with Gasteiger partial charge in [0.15, 0.2) is 0 Å². The Hall–Kier alpha value is -0.0100. The first-order valence-electron chi connectivity index (χ1n) is 3.73. The Morgan fingerprint density at radius 2 is 2.21 bits per heavy atom. The summed E-state index contributed by atoms with van der Waals surface area (Å²) in [6.07, 6.45) is -2.58. The second-order valence-corrected chi connectivity index (χ2v) is 3.86. The van der Waals surface area contributed by atoms with Crippen molar-refractivity contribution in [3.8, 4) is 0 Å². The van der Waals surface area contributed by atoms with E-state index in [-0.39, 0.29) is 21.8 Å². The van der Waals surface area contributed by atoms with E-state index in [1.807, 2.05) is 0 Å². The summed E-state index contributed by atoms with van der Waals surface area (Å²) in [7, 11) is 0. The summed E-state index contributed by atoms with van der Waals surface area (Å²) in [5.74, 6) is 0.107. The van der Waals surface area contributed by atoms with Gasteiger partial charge in [-0.25, -0.2) is 13.8 Å². The van der Waals surface area contributed by atoms with Crippen LogP contribution < -0.4 is 0 Å². The highest BCUT2D eigenvalue weighted by molar-refractivity contribution is 14.1. The van der Waals surface area contributed by atoms with Crippen LogP contribution in [0, 0.1) is 3.70 Å². The Morgan fingerprint density at radius 1 is 1.57 bits per heavy atom. The molecule has 0 bridgehead atoms. The highest BCUT2D eigenvalue weighted by atomic mass is 127. The molecule has 1 aromatic rings. The van der Waals surface area contributed by atoms with Crippen LogP contribution in [0.3, 0.4) is 0 Å². The monoisotopic (exact) mass is 333 g/mol. The van der Waals surface area contributed by atoms with Crippen LogP contribution in [0.4, 0.5) is 8.78 Å². The predicted octanol–water partition coefficient (Wildman–Crippen LogP) is 2.85. The number of pyridine rings is 1. The normalized spacial score (nSPS) is 11.0. The molecule has 0 saturated carbocycles. The SMILES string of the molecule is OCc1cc(C(F)F)c(I)nc1CCl. The molecule has 0 radical (unpaired) electrons. The number of aliphatic hydroxyl groups excluding tert-OH is 1. The summed E-state index contributed by atoms with van der Waals surface area (Å²) >= 11 is 7.28. The first-order valence-corrected chi connectivity index (χ1v) is 5.34. The third kappa shape index (κ3) is 2.52. The molecule has 0 spiro atoms. The van der Waals surface area contributed by atoms with Gasteiger partial charge in [-0.15, -0.1) is 11.6 Å². The lowest BCUT2D eigenvalue weighted by Gasteiger charge is -2.08. The van der Waals surface area contributed by atoms with E-state index in [0.717, 1.165) is 0 Å². The molecule has 1 rings (SSSR count). The van der Waals surface area contributed by atoms with Crippen LogP contribution in [-0.4, -0.2) is 10.1 Å². The minimum Gasteiger partial charge on any atom is -0.392 e. The van der Waals surface area contributed by atoms with Crippen LogP contribution in [0.2, 0.25) is 0 Å². The Kier molecular flexibility index (Phi) is 4.46. The molecule has 0 fully saturated rings. The van der Waals surface area contributed by atoms with E-state index >= 15 is 0 Å². The molecule has 0 amide bonds. The van der Waals surface area contributed by atoms with Gasteiger partial charge in [-0.1, -0.05) is 0 Å². The van der Waals surface area contributed by atoms with E-state index in [9.17, 15) is 8.78 Å². The summed E-state index contributed by atoms with van der Waals surface area (Å²) < 4.78 is 25.1. The summed E-state index contributed by atoms with van der Waals surface area (Å²) in [6.45, 7) is -0.328. The molecular formula is C8H7ClF2INO. The van der Waals surface area contributed by atoms with Crippen molar-refractivity contribution in [3.05, 3.63) is 26.6 Å². The summed E-state index contributed by atoms with van der Waals surface area (Å²) in [5, 5.41) is 8.90. The maximum atomic E-state index is 12.4. The van der Waals surface area contributed by atoms with E-state index in [0.29, 0.717) is 11.3 Å². The fourth-order valence-corrected chi connectivity index (χ4v) is 1.90. The second-order valence-electron chi connectivity index (χ2n) is 2.57. The first-order chi connectivity index (χ1) is 6.60. The molecular weight excluding hydrogens is 326 g/mol. The zero-order valence-corrected chi connectivity index (χ0v) is 9.89. The number of hydrogen-bond acceptors (Lipinski definition) is 2. The number of aromatic nitrogens is 1. The maximum Gasteiger partial charge on any atom is 0.266 e. The average Bonchev–Trinajstić information content (AvgIpc) is 2.16. The minimum atomic E-state index is -2.58. The van der Waals surface area contributed by atoms with E-state index in [2.05, 4.69) is 4.98 Å². The zero-order chi connectivity index (χ0) is 10.7. The first kappa shape index (κ1) is 12.1. The fourth-order valence-electron chi connectivity index (χ4n) is 0.991. The van der Waals surface area contributed by atoms with E-state index in [4.69, 9.17) is 16.7 Å². The van der Waals surface area contributed by atoms with Crippen molar-refractivity contribution in [1.29, 1.82) is 0 Å². The van der Waals surface area contributed by atoms with Crippen molar-refractivity contribution in [2.45, 2.75) is 18.9 Å². The lowest BCUT2D eigenvalue weighted by Crippen LogP contribution is -2.02. The Morgan fingerprint density at radius 3 is 2.64 bits per heavy atom.